The van der Waals surface area contributed by atoms with Gasteiger partial charge in [0.05, 0.1) is 18.5 Å². The molecule has 1 N–H and O–H groups in total. The molecule has 1 atom stereocenters. The van der Waals surface area contributed by atoms with E-state index < -0.39 is 0 Å². The van der Waals surface area contributed by atoms with Crippen molar-refractivity contribution in [2.75, 3.05) is 12.4 Å². The summed E-state index contributed by atoms with van der Waals surface area (Å²) in [5, 5.41) is 2.86. The third-order valence-corrected chi connectivity index (χ3v) is 4.36. The van der Waals surface area contributed by atoms with E-state index in [-0.39, 0.29) is 17.6 Å². The Kier molecular flexibility index (Phi) is 3.72. The van der Waals surface area contributed by atoms with Crippen LogP contribution in [-0.2, 0) is 4.79 Å². The number of halogens is 1. The first kappa shape index (κ1) is 15.4. The van der Waals surface area contributed by atoms with Crippen molar-refractivity contribution in [3.8, 4) is 11.4 Å². The number of anilines is 1. The van der Waals surface area contributed by atoms with Gasteiger partial charge in [0, 0.05) is 12.3 Å². The zero-order valence-corrected chi connectivity index (χ0v) is 13.6. The fourth-order valence-corrected chi connectivity index (χ4v) is 3.16. The van der Waals surface area contributed by atoms with Gasteiger partial charge in [-0.25, -0.2) is 9.37 Å². The summed E-state index contributed by atoms with van der Waals surface area (Å²) in [5.41, 5.74) is 2.33. The Hall–Kier alpha value is -3.15. The first-order valence-electron chi connectivity index (χ1n) is 7.92. The number of hydrogen-bond donors (Lipinski definition) is 1. The molecule has 0 unspecified atom stereocenters. The number of fused-ring (bicyclic) bond motifs is 1. The largest absolute Gasteiger partial charge is 0.497 e. The molecule has 126 valence electrons. The number of imidazole rings is 1. The lowest BCUT2D eigenvalue weighted by molar-refractivity contribution is -0.116. The number of hydrogen-bond acceptors (Lipinski definition) is 3. The van der Waals surface area contributed by atoms with Crippen LogP contribution in [0.1, 0.15) is 23.6 Å². The van der Waals surface area contributed by atoms with E-state index in [1.54, 1.807) is 30.1 Å². The molecule has 0 saturated carbocycles. The van der Waals surface area contributed by atoms with Crippen LogP contribution in [-0.4, -0.2) is 22.6 Å². The molecular formula is C19H16FN3O2. The highest BCUT2D eigenvalue weighted by atomic mass is 19.1. The maximum absolute atomic E-state index is 13.6. The minimum atomic E-state index is -0.341. The molecule has 1 aliphatic rings. The lowest BCUT2D eigenvalue weighted by Crippen LogP contribution is -2.24. The lowest BCUT2D eigenvalue weighted by Gasteiger charge is -2.23. The van der Waals surface area contributed by atoms with Gasteiger partial charge in [-0.05, 0) is 35.9 Å². The second-order valence-corrected chi connectivity index (χ2v) is 5.91. The summed E-state index contributed by atoms with van der Waals surface area (Å²) in [6.45, 7) is 0. The fraction of sp³-hybridized carbons (Fsp3) is 0.158. The van der Waals surface area contributed by atoms with Crippen LogP contribution in [0.2, 0.25) is 0 Å². The quantitative estimate of drug-likeness (QED) is 0.796. The molecule has 0 saturated heterocycles. The number of benzene rings is 2. The molecule has 0 aliphatic carbocycles. The van der Waals surface area contributed by atoms with Crippen LogP contribution in [0, 0.1) is 5.82 Å². The average molecular weight is 337 g/mol. The SMILES string of the molecule is COc1cccc([C@H]2CC(=O)Nc3c2ncn3-c2cccc(F)c2)c1. The maximum Gasteiger partial charge on any atom is 0.226 e. The zero-order chi connectivity index (χ0) is 17.4. The molecule has 2 heterocycles. The van der Waals surface area contributed by atoms with Gasteiger partial charge in [-0.3, -0.25) is 9.36 Å². The molecule has 1 aromatic heterocycles. The number of nitrogens with zero attached hydrogens (tertiary/aromatic N) is 2. The Balaban J connectivity index is 1.81. The van der Waals surface area contributed by atoms with E-state index in [0.29, 0.717) is 17.9 Å². The van der Waals surface area contributed by atoms with Crippen LogP contribution in [0.4, 0.5) is 10.2 Å². The van der Waals surface area contributed by atoms with Crippen LogP contribution in [0.15, 0.2) is 54.9 Å². The smallest absolute Gasteiger partial charge is 0.226 e. The Morgan fingerprint density at radius 3 is 2.88 bits per heavy atom. The third kappa shape index (κ3) is 2.76. The number of amides is 1. The molecule has 1 amide bonds. The number of rotatable bonds is 3. The second kappa shape index (κ2) is 6.05. The average Bonchev–Trinajstić information content (AvgIpc) is 3.04. The molecule has 0 bridgehead atoms. The van der Waals surface area contributed by atoms with Crippen molar-refractivity contribution < 1.29 is 13.9 Å². The van der Waals surface area contributed by atoms with Crippen LogP contribution < -0.4 is 10.1 Å². The highest BCUT2D eigenvalue weighted by molar-refractivity contribution is 5.94. The van der Waals surface area contributed by atoms with Crippen LogP contribution in [0.25, 0.3) is 5.69 Å². The Labute approximate surface area is 144 Å². The maximum atomic E-state index is 13.6. The number of nitrogens with one attached hydrogen (secondary N) is 1. The molecule has 2 aromatic carbocycles. The van der Waals surface area contributed by atoms with Crippen molar-refractivity contribution in [3.63, 3.8) is 0 Å². The fourth-order valence-electron chi connectivity index (χ4n) is 3.16. The molecule has 3 aromatic rings. The van der Waals surface area contributed by atoms with Gasteiger partial charge in [-0.15, -0.1) is 0 Å². The molecule has 0 fully saturated rings. The Morgan fingerprint density at radius 2 is 2.08 bits per heavy atom. The molecule has 0 spiro atoms. The van der Waals surface area contributed by atoms with Gasteiger partial charge in [0.15, 0.2) is 0 Å². The highest BCUT2D eigenvalue weighted by Gasteiger charge is 2.31. The third-order valence-electron chi connectivity index (χ3n) is 4.36. The molecule has 5 nitrogen and oxygen atoms in total. The summed E-state index contributed by atoms with van der Waals surface area (Å²) in [6.07, 6.45) is 1.92. The van der Waals surface area contributed by atoms with Gasteiger partial charge in [0.2, 0.25) is 5.91 Å². The van der Waals surface area contributed by atoms with Gasteiger partial charge in [-0.2, -0.15) is 0 Å². The van der Waals surface area contributed by atoms with Gasteiger partial charge >= 0.3 is 0 Å². The summed E-state index contributed by atoms with van der Waals surface area (Å²) in [4.78, 5) is 16.8. The lowest BCUT2D eigenvalue weighted by atomic mass is 9.89. The molecule has 4 rings (SSSR count). The van der Waals surface area contributed by atoms with Crippen molar-refractivity contribution in [1.82, 2.24) is 9.55 Å². The molecule has 1 aliphatic heterocycles. The van der Waals surface area contributed by atoms with E-state index in [1.165, 1.54) is 12.1 Å². The predicted molar refractivity (Wildman–Crippen MR) is 91.6 cm³/mol. The van der Waals surface area contributed by atoms with E-state index in [0.717, 1.165) is 17.0 Å². The predicted octanol–water partition coefficient (Wildman–Crippen LogP) is 3.49. The van der Waals surface area contributed by atoms with Gasteiger partial charge in [-0.1, -0.05) is 18.2 Å². The zero-order valence-electron chi connectivity index (χ0n) is 13.6. The van der Waals surface area contributed by atoms with Crippen LogP contribution >= 0.6 is 0 Å². The van der Waals surface area contributed by atoms with Crippen LogP contribution in [0.5, 0.6) is 5.75 Å². The van der Waals surface area contributed by atoms with E-state index >= 15 is 0 Å². The van der Waals surface area contributed by atoms with Crippen molar-refractivity contribution in [1.29, 1.82) is 0 Å². The van der Waals surface area contributed by atoms with E-state index in [4.69, 9.17) is 4.74 Å². The number of carbonyl (C=O) groups is 1. The van der Waals surface area contributed by atoms with Crippen molar-refractivity contribution in [2.24, 2.45) is 0 Å². The minimum Gasteiger partial charge on any atom is -0.497 e. The summed E-state index contributed by atoms with van der Waals surface area (Å²) >= 11 is 0. The van der Waals surface area contributed by atoms with E-state index in [2.05, 4.69) is 10.3 Å². The first-order chi connectivity index (χ1) is 12.2. The van der Waals surface area contributed by atoms with Crippen molar-refractivity contribution >= 4 is 11.7 Å². The van der Waals surface area contributed by atoms with Crippen molar-refractivity contribution in [2.45, 2.75) is 12.3 Å². The summed E-state index contributed by atoms with van der Waals surface area (Å²) in [5.74, 6) is 0.697. The van der Waals surface area contributed by atoms with E-state index in [1.807, 2.05) is 24.3 Å². The number of methoxy groups -OCH3 is 1. The highest BCUT2D eigenvalue weighted by Crippen LogP contribution is 2.38. The first-order valence-corrected chi connectivity index (χ1v) is 7.92. The number of aromatic nitrogens is 2. The number of ether oxygens (including phenoxy) is 1. The second-order valence-electron chi connectivity index (χ2n) is 5.91. The van der Waals surface area contributed by atoms with Crippen molar-refractivity contribution in [3.05, 3.63) is 71.9 Å². The van der Waals surface area contributed by atoms with Crippen LogP contribution in [0.3, 0.4) is 0 Å². The van der Waals surface area contributed by atoms with Gasteiger partial charge < -0.3 is 10.1 Å². The molecular weight excluding hydrogens is 321 g/mol. The topological polar surface area (TPSA) is 56.1 Å². The standard InChI is InChI=1S/C19H16FN3O2/c1-25-15-7-2-4-12(8-15)16-10-17(24)22-19-18(16)21-11-23(19)14-6-3-5-13(20)9-14/h2-9,11,16H,10H2,1H3,(H,22,24)/t16-/m1/s1. The Morgan fingerprint density at radius 1 is 1.24 bits per heavy atom. The normalized spacial score (nSPS) is 16.2. The van der Waals surface area contributed by atoms with Gasteiger partial charge in [0.1, 0.15) is 23.7 Å². The number of carbonyl (C=O) groups excluding carboxylic acids is 1. The minimum absolute atomic E-state index is 0.0986. The molecule has 0 radical (unpaired) electrons. The summed E-state index contributed by atoms with van der Waals surface area (Å²) in [7, 11) is 1.61. The van der Waals surface area contributed by atoms with Gasteiger partial charge in [0.25, 0.3) is 0 Å². The monoisotopic (exact) mass is 337 g/mol. The molecule has 6 heteroatoms. The summed E-state index contributed by atoms with van der Waals surface area (Å²) in [6, 6.07) is 13.8. The molecule has 25 heavy (non-hydrogen) atoms. The summed E-state index contributed by atoms with van der Waals surface area (Å²) < 4.78 is 20.5. The van der Waals surface area contributed by atoms with E-state index in [9.17, 15) is 9.18 Å². The Bertz CT molecular complexity index is 951.